The van der Waals surface area contributed by atoms with Crippen molar-refractivity contribution in [3.8, 4) is 33.1 Å². The van der Waals surface area contributed by atoms with Crippen molar-refractivity contribution in [2.45, 2.75) is 38.5 Å². The Hall–Kier alpha value is -4.51. The summed E-state index contributed by atoms with van der Waals surface area (Å²) in [5, 5.41) is 11.0. The van der Waals surface area contributed by atoms with Gasteiger partial charge in [-0.1, -0.05) is 19.3 Å². The number of H-pyrrole nitrogens is 2. The third kappa shape index (κ3) is 4.73. The summed E-state index contributed by atoms with van der Waals surface area (Å²) < 4.78 is 13.7. The monoisotopic (exact) mass is 552 g/mol. The highest BCUT2D eigenvalue weighted by molar-refractivity contribution is 7.14. The van der Waals surface area contributed by atoms with Crippen LogP contribution in [0.15, 0.2) is 55.1 Å². The molecule has 0 aromatic carbocycles. The number of rotatable bonds is 6. The number of nitrogens with one attached hydrogen (secondary N) is 3. The molecule has 1 aliphatic rings. The van der Waals surface area contributed by atoms with Crippen molar-refractivity contribution in [2.24, 2.45) is 5.92 Å². The van der Waals surface area contributed by atoms with Crippen LogP contribution >= 0.6 is 11.3 Å². The predicted octanol–water partition coefficient (Wildman–Crippen LogP) is 6.73. The van der Waals surface area contributed by atoms with E-state index in [1.165, 1.54) is 25.3 Å². The van der Waals surface area contributed by atoms with Gasteiger partial charge < -0.3 is 10.3 Å². The van der Waals surface area contributed by atoms with Crippen LogP contribution in [0.2, 0.25) is 0 Å². The Morgan fingerprint density at radius 1 is 1.02 bits per heavy atom. The number of anilines is 1. The van der Waals surface area contributed by atoms with Gasteiger partial charge in [-0.15, -0.1) is 11.3 Å². The van der Waals surface area contributed by atoms with Crippen molar-refractivity contribution < 1.29 is 9.18 Å². The normalized spacial score (nSPS) is 14.2. The number of fused-ring (bicyclic) bond motifs is 2. The van der Waals surface area contributed by atoms with Crippen molar-refractivity contribution in [3.63, 3.8) is 0 Å². The number of amides is 1. The smallest absolute Gasteiger partial charge is 0.224 e. The molecule has 1 aliphatic carbocycles. The molecule has 0 aliphatic heterocycles. The highest BCUT2D eigenvalue weighted by atomic mass is 32.1. The van der Waals surface area contributed by atoms with E-state index < -0.39 is 0 Å². The second-order valence-corrected chi connectivity index (χ2v) is 11.2. The van der Waals surface area contributed by atoms with Crippen LogP contribution in [-0.2, 0) is 4.79 Å². The standard InChI is InChI=1S/C29H25FN8OS/c30-23-7-6-22(40-23)20-8-9-32-28-25(20)35-29(36-28)26-21-12-18(14-33-27(21)38-37-26)17-11-19(15-31-13-17)34-24(39)10-16-4-2-1-3-5-16/h6-9,11-16H,1-5,10H2,(H,34,39)(H,32,35,36)(H,33,37,38). The minimum absolute atomic E-state index is 0.0275. The first-order valence-electron chi connectivity index (χ1n) is 13.3. The van der Waals surface area contributed by atoms with Gasteiger partial charge in [0.2, 0.25) is 5.91 Å². The lowest BCUT2D eigenvalue weighted by Gasteiger charge is -2.20. The van der Waals surface area contributed by atoms with E-state index in [-0.39, 0.29) is 11.0 Å². The molecule has 1 fully saturated rings. The SMILES string of the molecule is O=C(CC1CCCCC1)Nc1cncc(-c2cnc3[nH]nc(-c4nc5c(-c6ccc(F)s6)ccnc5[nH]4)c3c2)c1. The summed E-state index contributed by atoms with van der Waals surface area (Å²) in [6.45, 7) is 0. The van der Waals surface area contributed by atoms with Gasteiger partial charge in [-0.05, 0) is 49.1 Å². The molecule has 200 valence electrons. The maximum atomic E-state index is 13.7. The summed E-state index contributed by atoms with van der Waals surface area (Å²) in [6, 6.07) is 8.90. The quantitative estimate of drug-likeness (QED) is 0.210. The number of imidazole rings is 1. The number of carbonyl (C=O) groups is 1. The molecule has 7 rings (SSSR count). The maximum Gasteiger partial charge on any atom is 0.224 e. The van der Waals surface area contributed by atoms with Gasteiger partial charge in [0.1, 0.15) is 11.2 Å². The Balaban J connectivity index is 1.19. The van der Waals surface area contributed by atoms with Crippen LogP contribution in [0.3, 0.4) is 0 Å². The van der Waals surface area contributed by atoms with Gasteiger partial charge in [0, 0.05) is 46.6 Å². The molecule has 0 saturated heterocycles. The highest BCUT2D eigenvalue weighted by Crippen LogP contribution is 2.34. The lowest BCUT2D eigenvalue weighted by molar-refractivity contribution is -0.117. The molecule has 0 spiro atoms. The summed E-state index contributed by atoms with van der Waals surface area (Å²) in [4.78, 5) is 34.8. The highest BCUT2D eigenvalue weighted by Gasteiger charge is 2.19. The molecular formula is C29H25FN8OS. The molecule has 0 radical (unpaired) electrons. The van der Waals surface area contributed by atoms with Gasteiger partial charge in [0.25, 0.3) is 0 Å². The Morgan fingerprint density at radius 3 is 2.75 bits per heavy atom. The molecule has 1 saturated carbocycles. The topological polar surface area (TPSA) is 125 Å². The lowest BCUT2D eigenvalue weighted by atomic mass is 9.87. The number of nitrogens with zero attached hydrogens (tertiary/aromatic N) is 5. The number of aromatic amines is 2. The molecule has 9 nitrogen and oxygen atoms in total. The molecule has 6 aromatic rings. The number of halogens is 1. The third-order valence-corrected chi connectivity index (χ3v) is 8.33. The van der Waals surface area contributed by atoms with Crippen molar-refractivity contribution >= 4 is 45.1 Å². The summed E-state index contributed by atoms with van der Waals surface area (Å²) >= 11 is 1.07. The van der Waals surface area contributed by atoms with Gasteiger partial charge in [0.15, 0.2) is 22.2 Å². The van der Waals surface area contributed by atoms with Gasteiger partial charge >= 0.3 is 0 Å². The first-order valence-corrected chi connectivity index (χ1v) is 14.1. The van der Waals surface area contributed by atoms with Crippen molar-refractivity contribution in [1.82, 2.24) is 35.1 Å². The second kappa shape index (κ2) is 10.2. The van der Waals surface area contributed by atoms with E-state index in [1.807, 2.05) is 18.2 Å². The molecule has 11 heteroatoms. The molecular weight excluding hydrogens is 527 g/mol. The minimum atomic E-state index is -0.255. The van der Waals surface area contributed by atoms with Gasteiger partial charge in [-0.2, -0.15) is 9.49 Å². The summed E-state index contributed by atoms with van der Waals surface area (Å²) in [5.41, 5.74) is 5.54. The molecule has 1 amide bonds. The van der Waals surface area contributed by atoms with Crippen molar-refractivity contribution in [3.05, 3.63) is 60.3 Å². The van der Waals surface area contributed by atoms with E-state index in [4.69, 9.17) is 4.98 Å². The van der Waals surface area contributed by atoms with E-state index in [1.54, 1.807) is 30.9 Å². The zero-order valence-corrected chi connectivity index (χ0v) is 22.3. The minimum Gasteiger partial charge on any atom is -0.325 e. The zero-order valence-electron chi connectivity index (χ0n) is 21.4. The van der Waals surface area contributed by atoms with Crippen LogP contribution in [0.4, 0.5) is 10.1 Å². The third-order valence-electron chi connectivity index (χ3n) is 7.42. The van der Waals surface area contributed by atoms with Crippen LogP contribution in [0.5, 0.6) is 0 Å². The fourth-order valence-corrected chi connectivity index (χ4v) is 6.21. The van der Waals surface area contributed by atoms with Crippen molar-refractivity contribution in [1.29, 1.82) is 0 Å². The Kier molecular flexibility index (Phi) is 6.27. The predicted molar refractivity (Wildman–Crippen MR) is 153 cm³/mol. The van der Waals surface area contributed by atoms with E-state index in [9.17, 15) is 9.18 Å². The van der Waals surface area contributed by atoms with E-state index in [0.29, 0.717) is 46.4 Å². The molecule has 0 bridgehead atoms. The number of hydrogen-bond donors (Lipinski definition) is 3. The van der Waals surface area contributed by atoms with E-state index in [2.05, 4.69) is 35.5 Å². The van der Waals surface area contributed by atoms with Crippen molar-refractivity contribution in [2.75, 3.05) is 5.32 Å². The van der Waals surface area contributed by atoms with Crippen LogP contribution in [-0.4, -0.2) is 41.0 Å². The molecule has 6 aromatic heterocycles. The van der Waals surface area contributed by atoms with E-state index in [0.717, 1.165) is 51.1 Å². The Morgan fingerprint density at radius 2 is 1.90 bits per heavy atom. The Bertz CT molecular complexity index is 1850. The molecule has 0 atom stereocenters. The molecule has 40 heavy (non-hydrogen) atoms. The average Bonchev–Trinajstić information content (AvgIpc) is 3.71. The van der Waals surface area contributed by atoms with Crippen LogP contribution < -0.4 is 5.32 Å². The molecule has 3 N–H and O–H groups in total. The maximum absolute atomic E-state index is 13.7. The molecule has 0 unspecified atom stereocenters. The summed E-state index contributed by atoms with van der Waals surface area (Å²) in [6.07, 6.45) is 13.3. The first kappa shape index (κ1) is 24.5. The number of pyridine rings is 3. The first-order chi connectivity index (χ1) is 19.6. The second-order valence-electron chi connectivity index (χ2n) is 10.2. The van der Waals surface area contributed by atoms with Gasteiger partial charge in [-0.25, -0.2) is 15.0 Å². The van der Waals surface area contributed by atoms with Crippen LogP contribution in [0.25, 0.3) is 55.3 Å². The summed E-state index contributed by atoms with van der Waals surface area (Å²) in [5.74, 6) is 1.02. The average molecular weight is 553 g/mol. The largest absolute Gasteiger partial charge is 0.325 e. The summed E-state index contributed by atoms with van der Waals surface area (Å²) in [7, 11) is 0. The number of hydrogen-bond acceptors (Lipinski definition) is 7. The fraction of sp³-hybridized carbons (Fsp3) is 0.241. The number of aromatic nitrogens is 7. The van der Waals surface area contributed by atoms with E-state index >= 15 is 0 Å². The number of carbonyl (C=O) groups excluding carboxylic acids is 1. The lowest BCUT2D eigenvalue weighted by Crippen LogP contribution is -2.18. The fourth-order valence-electron chi connectivity index (χ4n) is 5.45. The van der Waals surface area contributed by atoms with Crippen LogP contribution in [0.1, 0.15) is 38.5 Å². The Labute approximate surface area is 232 Å². The van der Waals surface area contributed by atoms with Gasteiger partial charge in [0.05, 0.1) is 17.3 Å². The number of thiophene rings is 1. The zero-order chi connectivity index (χ0) is 27.1. The van der Waals surface area contributed by atoms with Crippen LogP contribution in [0, 0.1) is 11.0 Å². The van der Waals surface area contributed by atoms with Gasteiger partial charge in [-0.3, -0.25) is 14.9 Å². The molecule has 6 heterocycles.